The molecule has 0 aromatic heterocycles. The number of nitrogens with one attached hydrogen (secondary N) is 1. The molecule has 0 heterocycles. The SMILES string of the molecule is O=C(O)C(Cc1ccccc1)NS(=O)(=O)O. The molecule has 0 aliphatic rings. The molecule has 6 nitrogen and oxygen atoms in total. The molecule has 1 aromatic carbocycles. The van der Waals surface area contributed by atoms with Gasteiger partial charge in [0.15, 0.2) is 0 Å². The van der Waals surface area contributed by atoms with E-state index in [0.717, 1.165) is 0 Å². The summed E-state index contributed by atoms with van der Waals surface area (Å²) in [5.41, 5.74) is 0.658. The topological polar surface area (TPSA) is 104 Å². The monoisotopic (exact) mass is 245 g/mol. The predicted molar refractivity (Wildman–Crippen MR) is 56.3 cm³/mol. The Morgan fingerprint density at radius 3 is 2.31 bits per heavy atom. The van der Waals surface area contributed by atoms with Crippen LogP contribution in [0.1, 0.15) is 5.56 Å². The van der Waals surface area contributed by atoms with Crippen LogP contribution in [-0.2, 0) is 21.5 Å². The molecule has 7 heteroatoms. The second-order valence-corrected chi connectivity index (χ2v) is 4.36. The van der Waals surface area contributed by atoms with Crippen LogP contribution in [0.2, 0.25) is 0 Å². The van der Waals surface area contributed by atoms with Crippen LogP contribution in [0.3, 0.4) is 0 Å². The van der Waals surface area contributed by atoms with Gasteiger partial charge in [0.2, 0.25) is 0 Å². The predicted octanol–water partition coefficient (Wildman–Crippen LogP) is 0.0747. The summed E-state index contributed by atoms with van der Waals surface area (Å²) in [7, 11) is -4.52. The van der Waals surface area contributed by atoms with E-state index in [2.05, 4.69) is 0 Å². The van der Waals surface area contributed by atoms with Crippen LogP contribution < -0.4 is 4.72 Å². The summed E-state index contributed by atoms with van der Waals surface area (Å²) in [5, 5.41) is 8.76. The quantitative estimate of drug-likeness (QED) is 0.637. The van der Waals surface area contributed by atoms with Gasteiger partial charge in [-0.2, -0.15) is 13.1 Å². The third-order valence-electron chi connectivity index (χ3n) is 1.87. The highest BCUT2D eigenvalue weighted by molar-refractivity contribution is 7.83. The maximum Gasteiger partial charge on any atom is 0.334 e. The summed E-state index contributed by atoms with van der Waals surface area (Å²) in [6.07, 6.45) is -0.0318. The minimum Gasteiger partial charge on any atom is -0.480 e. The minimum absolute atomic E-state index is 0.0318. The lowest BCUT2D eigenvalue weighted by Crippen LogP contribution is -2.41. The van der Waals surface area contributed by atoms with E-state index in [1.165, 1.54) is 0 Å². The van der Waals surface area contributed by atoms with Crippen LogP contribution in [0.5, 0.6) is 0 Å². The van der Waals surface area contributed by atoms with Crippen LogP contribution in [0.15, 0.2) is 30.3 Å². The number of carboxylic acids is 1. The lowest BCUT2D eigenvalue weighted by atomic mass is 10.1. The van der Waals surface area contributed by atoms with Crippen molar-refractivity contribution in [1.29, 1.82) is 0 Å². The third kappa shape index (κ3) is 4.39. The average molecular weight is 245 g/mol. The van der Waals surface area contributed by atoms with Gasteiger partial charge in [-0.25, -0.2) is 0 Å². The normalized spacial score (nSPS) is 13.3. The van der Waals surface area contributed by atoms with E-state index in [-0.39, 0.29) is 6.42 Å². The van der Waals surface area contributed by atoms with Gasteiger partial charge in [0, 0.05) is 0 Å². The zero-order valence-electron chi connectivity index (χ0n) is 8.20. The molecule has 0 radical (unpaired) electrons. The summed E-state index contributed by atoms with van der Waals surface area (Å²) in [6.45, 7) is 0. The van der Waals surface area contributed by atoms with Gasteiger partial charge in [-0.15, -0.1) is 0 Å². The molecule has 0 aliphatic carbocycles. The Morgan fingerprint density at radius 2 is 1.88 bits per heavy atom. The molecule has 0 bridgehead atoms. The smallest absolute Gasteiger partial charge is 0.334 e. The Balaban J connectivity index is 2.77. The Labute approximate surface area is 92.8 Å². The van der Waals surface area contributed by atoms with Crippen LogP contribution in [-0.4, -0.2) is 30.1 Å². The Bertz CT molecular complexity index is 456. The summed E-state index contributed by atoms with van der Waals surface area (Å²) in [6, 6.07) is 7.14. The van der Waals surface area contributed by atoms with E-state index < -0.39 is 22.3 Å². The van der Waals surface area contributed by atoms with Crippen molar-refractivity contribution in [2.45, 2.75) is 12.5 Å². The van der Waals surface area contributed by atoms with E-state index in [1.54, 1.807) is 35.1 Å². The van der Waals surface area contributed by atoms with Gasteiger partial charge >= 0.3 is 16.3 Å². The number of aliphatic carboxylic acids is 1. The van der Waals surface area contributed by atoms with E-state index >= 15 is 0 Å². The Morgan fingerprint density at radius 1 is 1.31 bits per heavy atom. The summed E-state index contributed by atoms with van der Waals surface area (Å²) >= 11 is 0. The van der Waals surface area contributed by atoms with Crippen molar-refractivity contribution in [2.75, 3.05) is 0 Å². The van der Waals surface area contributed by atoms with Crippen LogP contribution >= 0.6 is 0 Å². The highest BCUT2D eigenvalue weighted by Gasteiger charge is 2.22. The first-order valence-corrected chi connectivity index (χ1v) is 5.84. The van der Waals surface area contributed by atoms with Crippen LogP contribution in [0.25, 0.3) is 0 Å². The molecule has 1 rings (SSSR count). The second-order valence-electron chi connectivity index (χ2n) is 3.17. The zero-order chi connectivity index (χ0) is 12.2. The van der Waals surface area contributed by atoms with E-state index in [4.69, 9.17) is 9.66 Å². The number of benzene rings is 1. The van der Waals surface area contributed by atoms with Crippen molar-refractivity contribution in [3.8, 4) is 0 Å². The van der Waals surface area contributed by atoms with Crippen LogP contribution in [0, 0.1) is 0 Å². The molecule has 0 fully saturated rings. The molecule has 0 saturated carbocycles. The maximum atomic E-state index is 10.7. The van der Waals surface area contributed by atoms with Crippen molar-refractivity contribution in [2.24, 2.45) is 0 Å². The van der Waals surface area contributed by atoms with Crippen molar-refractivity contribution < 1.29 is 22.9 Å². The molecule has 0 aliphatic heterocycles. The Hall–Kier alpha value is -1.44. The molecule has 16 heavy (non-hydrogen) atoms. The lowest BCUT2D eigenvalue weighted by molar-refractivity contribution is -0.139. The minimum atomic E-state index is -4.52. The number of hydrogen-bond donors (Lipinski definition) is 3. The molecule has 0 amide bonds. The lowest BCUT2D eigenvalue weighted by Gasteiger charge is -2.11. The first-order chi connectivity index (χ1) is 7.38. The van der Waals surface area contributed by atoms with Gasteiger partial charge in [-0.05, 0) is 12.0 Å². The largest absolute Gasteiger partial charge is 0.480 e. The van der Waals surface area contributed by atoms with E-state index in [0.29, 0.717) is 5.56 Å². The summed E-state index contributed by atoms with van der Waals surface area (Å²) in [5.74, 6) is -1.35. The van der Waals surface area contributed by atoms with Gasteiger partial charge in [0.25, 0.3) is 0 Å². The molecule has 0 saturated heterocycles. The van der Waals surface area contributed by atoms with Crippen molar-refractivity contribution >= 4 is 16.3 Å². The van der Waals surface area contributed by atoms with E-state index in [1.807, 2.05) is 0 Å². The standard InChI is InChI=1S/C9H11NO5S/c11-9(12)8(10-16(13,14)15)6-7-4-2-1-3-5-7/h1-5,8,10H,6H2,(H,11,12)(H,13,14,15). The van der Waals surface area contributed by atoms with Gasteiger partial charge in [0.1, 0.15) is 6.04 Å². The van der Waals surface area contributed by atoms with Gasteiger partial charge < -0.3 is 5.11 Å². The molecular weight excluding hydrogens is 234 g/mol. The first-order valence-electron chi connectivity index (χ1n) is 4.40. The highest BCUT2D eigenvalue weighted by atomic mass is 32.2. The van der Waals surface area contributed by atoms with Crippen molar-refractivity contribution in [1.82, 2.24) is 4.72 Å². The van der Waals surface area contributed by atoms with Crippen molar-refractivity contribution in [3.63, 3.8) is 0 Å². The van der Waals surface area contributed by atoms with Gasteiger partial charge in [-0.1, -0.05) is 30.3 Å². The molecular formula is C9H11NO5S. The molecule has 1 unspecified atom stereocenters. The van der Waals surface area contributed by atoms with Crippen molar-refractivity contribution in [3.05, 3.63) is 35.9 Å². The van der Waals surface area contributed by atoms with Gasteiger partial charge in [-0.3, -0.25) is 9.35 Å². The second kappa shape index (κ2) is 5.06. The fraction of sp³-hybridized carbons (Fsp3) is 0.222. The average Bonchev–Trinajstić information content (AvgIpc) is 2.16. The molecule has 88 valence electrons. The third-order valence-corrected chi connectivity index (χ3v) is 2.45. The molecule has 3 N–H and O–H groups in total. The Kier molecular flexibility index (Phi) is 3.99. The molecule has 0 spiro atoms. The van der Waals surface area contributed by atoms with E-state index in [9.17, 15) is 13.2 Å². The fourth-order valence-electron chi connectivity index (χ4n) is 1.21. The maximum absolute atomic E-state index is 10.7. The number of rotatable bonds is 5. The molecule has 1 atom stereocenters. The summed E-state index contributed by atoms with van der Waals surface area (Å²) in [4.78, 5) is 10.7. The van der Waals surface area contributed by atoms with Crippen LogP contribution in [0.4, 0.5) is 0 Å². The summed E-state index contributed by atoms with van der Waals surface area (Å²) < 4.78 is 31.2. The number of carboxylic acid groups (broad SMARTS) is 1. The molecule has 1 aromatic rings. The number of carbonyl (C=O) groups is 1. The zero-order valence-corrected chi connectivity index (χ0v) is 9.02. The fourth-order valence-corrected chi connectivity index (χ4v) is 1.75. The van der Waals surface area contributed by atoms with Gasteiger partial charge in [0.05, 0.1) is 0 Å². The first kappa shape index (κ1) is 12.6. The number of hydrogen-bond acceptors (Lipinski definition) is 3. The highest BCUT2D eigenvalue weighted by Crippen LogP contribution is 2.04.